The molecule has 104 valence electrons. The first-order valence-corrected chi connectivity index (χ1v) is 7.64. The van der Waals surface area contributed by atoms with Crippen molar-refractivity contribution in [2.45, 2.75) is 26.8 Å². The van der Waals surface area contributed by atoms with Gasteiger partial charge in [0.1, 0.15) is 0 Å². The molecule has 1 unspecified atom stereocenters. The Labute approximate surface area is 122 Å². The summed E-state index contributed by atoms with van der Waals surface area (Å²) in [6.07, 6.45) is 1.94. The standard InChI is InChI=1S/C15H18N4S/c1-10(2)14(12-5-4-8-20-12)17-15-16-13-9-11(3)6-7-19(13)18-15/h4-10,14H,1-3H3,(H,17,18). The summed E-state index contributed by atoms with van der Waals surface area (Å²) in [5.74, 6) is 1.16. The molecule has 20 heavy (non-hydrogen) atoms. The minimum atomic E-state index is 0.244. The van der Waals surface area contributed by atoms with E-state index in [0.717, 1.165) is 5.65 Å². The molecule has 0 amide bonds. The van der Waals surface area contributed by atoms with Crippen LogP contribution in [0.25, 0.3) is 5.65 Å². The van der Waals surface area contributed by atoms with Gasteiger partial charge in [-0.2, -0.15) is 4.98 Å². The third-order valence-electron chi connectivity index (χ3n) is 3.29. The Morgan fingerprint density at radius 3 is 2.85 bits per heavy atom. The third kappa shape index (κ3) is 2.54. The number of aromatic nitrogens is 3. The van der Waals surface area contributed by atoms with Gasteiger partial charge in [0.15, 0.2) is 5.65 Å². The van der Waals surface area contributed by atoms with E-state index in [0.29, 0.717) is 11.9 Å². The van der Waals surface area contributed by atoms with Crippen molar-refractivity contribution in [2.75, 3.05) is 5.32 Å². The van der Waals surface area contributed by atoms with Crippen molar-refractivity contribution >= 4 is 22.9 Å². The van der Waals surface area contributed by atoms with Gasteiger partial charge in [0.25, 0.3) is 0 Å². The van der Waals surface area contributed by atoms with Gasteiger partial charge in [0.05, 0.1) is 6.04 Å². The molecule has 0 saturated carbocycles. The van der Waals surface area contributed by atoms with E-state index in [1.807, 2.05) is 18.3 Å². The van der Waals surface area contributed by atoms with Crippen molar-refractivity contribution in [3.63, 3.8) is 0 Å². The SMILES string of the molecule is Cc1ccn2nc(NC(c3cccs3)C(C)C)nc2c1. The highest BCUT2D eigenvalue weighted by atomic mass is 32.1. The number of pyridine rings is 1. The maximum Gasteiger partial charge on any atom is 0.243 e. The Morgan fingerprint density at radius 2 is 2.15 bits per heavy atom. The Hall–Kier alpha value is -1.88. The van der Waals surface area contributed by atoms with Crippen molar-refractivity contribution in [3.05, 3.63) is 46.3 Å². The molecule has 4 nitrogen and oxygen atoms in total. The highest BCUT2D eigenvalue weighted by Gasteiger charge is 2.18. The zero-order valence-corrected chi connectivity index (χ0v) is 12.7. The van der Waals surface area contributed by atoms with Crippen LogP contribution < -0.4 is 5.32 Å². The summed E-state index contributed by atoms with van der Waals surface area (Å²) in [4.78, 5) is 5.87. The number of nitrogens with one attached hydrogen (secondary N) is 1. The van der Waals surface area contributed by atoms with Crippen LogP contribution >= 0.6 is 11.3 Å². The Kier molecular flexibility index (Phi) is 3.44. The van der Waals surface area contributed by atoms with Crippen LogP contribution in [-0.2, 0) is 0 Å². The molecule has 3 rings (SSSR count). The van der Waals surface area contributed by atoms with Crippen molar-refractivity contribution in [1.29, 1.82) is 0 Å². The van der Waals surface area contributed by atoms with Crippen LogP contribution in [-0.4, -0.2) is 14.6 Å². The maximum atomic E-state index is 4.55. The third-order valence-corrected chi connectivity index (χ3v) is 4.25. The second kappa shape index (κ2) is 5.25. The molecular formula is C15H18N4S. The molecular weight excluding hydrogens is 268 g/mol. The number of thiophene rings is 1. The number of fused-ring (bicyclic) bond motifs is 1. The average molecular weight is 286 g/mol. The van der Waals surface area contributed by atoms with Gasteiger partial charge in [-0.1, -0.05) is 19.9 Å². The number of nitrogens with zero attached hydrogens (tertiary/aromatic N) is 3. The first kappa shape index (κ1) is 13.1. The second-order valence-electron chi connectivity index (χ2n) is 5.32. The lowest BCUT2D eigenvalue weighted by molar-refractivity contribution is 0.550. The zero-order chi connectivity index (χ0) is 14.1. The highest BCUT2D eigenvalue weighted by Crippen LogP contribution is 2.28. The minimum absolute atomic E-state index is 0.244. The van der Waals surface area contributed by atoms with E-state index in [-0.39, 0.29) is 6.04 Å². The molecule has 0 saturated heterocycles. The molecule has 0 bridgehead atoms. The maximum absolute atomic E-state index is 4.55. The lowest BCUT2D eigenvalue weighted by Crippen LogP contribution is -2.16. The van der Waals surface area contributed by atoms with Gasteiger partial charge in [0, 0.05) is 11.1 Å². The van der Waals surface area contributed by atoms with Gasteiger partial charge in [-0.05, 0) is 42.0 Å². The van der Waals surface area contributed by atoms with Crippen LogP contribution in [0.3, 0.4) is 0 Å². The minimum Gasteiger partial charge on any atom is -0.345 e. The van der Waals surface area contributed by atoms with Gasteiger partial charge >= 0.3 is 0 Å². The predicted octanol–water partition coefficient (Wildman–Crippen LogP) is 3.91. The van der Waals surface area contributed by atoms with Crippen molar-refractivity contribution < 1.29 is 0 Å². The molecule has 0 aliphatic carbocycles. The number of anilines is 1. The summed E-state index contributed by atoms with van der Waals surface area (Å²) in [7, 11) is 0. The molecule has 0 aromatic carbocycles. The Bertz CT molecular complexity index is 700. The molecule has 0 fully saturated rings. The van der Waals surface area contributed by atoms with E-state index in [2.05, 4.69) is 53.7 Å². The van der Waals surface area contributed by atoms with Crippen LogP contribution in [0.15, 0.2) is 35.8 Å². The summed E-state index contributed by atoms with van der Waals surface area (Å²) in [6, 6.07) is 8.55. The highest BCUT2D eigenvalue weighted by molar-refractivity contribution is 7.10. The molecule has 3 aromatic heterocycles. The average Bonchev–Trinajstić information content (AvgIpc) is 3.03. The fourth-order valence-corrected chi connectivity index (χ4v) is 3.17. The Morgan fingerprint density at radius 1 is 1.30 bits per heavy atom. The lowest BCUT2D eigenvalue weighted by Gasteiger charge is -2.20. The monoisotopic (exact) mass is 286 g/mol. The molecule has 5 heteroatoms. The number of hydrogen-bond donors (Lipinski definition) is 1. The van der Waals surface area contributed by atoms with E-state index >= 15 is 0 Å². The van der Waals surface area contributed by atoms with Crippen molar-refractivity contribution in [2.24, 2.45) is 5.92 Å². The van der Waals surface area contributed by atoms with E-state index in [1.165, 1.54) is 10.4 Å². The summed E-state index contributed by atoms with van der Waals surface area (Å²) < 4.78 is 1.81. The van der Waals surface area contributed by atoms with Crippen LogP contribution in [0, 0.1) is 12.8 Å². The molecule has 3 heterocycles. The van der Waals surface area contributed by atoms with Crippen LogP contribution in [0.5, 0.6) is 0 Å². The summed E-state index contributed by atoms with van der Waals surface area (Å²) in [5.41, 5.74) is 2.07. The summed E-state index contributed by atoms with van der Waals surface area (Å²) in [5, 5.41) is 10.0. The number of hydrogen-bond acceptors (Lipinski definition) is 4. The fourth-order valence-electron chi connectivity index (χ4n) is 2.22. The molecule has 1 atom stereocenters. The Balaban J connectivity index is 1.90. The van der Waals surface area contributed by atoms with Gasteiger partial charge in [0.2, 0.25) is 5.95 Å². The van der Waals surface area contributed by atoms with Crippen molar-refractivity contribution in [3.8, 4) is 0 Å². The quantitative estimate of drug-likeness (QED) is 0.790. The van der Waals surface area contributed by atoms with Crippen molar-refractivity contribution in [1.82, 2.24) is 14.6 Å². The van der Waals surface area contributed by atoms with Gasteiger partial charge in [-0.15, -0.1) is 16.4 Å². The number of rotatable bonds is 4. The van der Waals surface area contributed by atoms with E-state index in [9.17, 15) is 0 Å². The molecule has 0 aliphatic heterocycles. The van der Waals surface area contributed by atoms with Gasteiger partial charge in [-0.25, -0.2) is 4.52 Å². The lowest BCUT2D eigenvalue weighted by atomic mass is 10.0. The molecule has 1 N–H and O–H groups in total. The first-order valence-electron chi connectivity index (χ1n) is 6.76. The molecule has 0 spiro atoms. The second-order valence-corrected chi connectivity index (χ2v) is 6.30. The summed E-state index contributed by atoms with van der Waals surface area (Å²) >= 11 is 1.76. The largest absolute Gasteiger partial charge is 0.345 e. The van der Waals surface area contributed by atoms with E-state index in [4.69, 9.17) is 0 Å². The fraction of sp³-hybridized carbons (Fsp3) is 0.333. The zero-order valence-electron chi connectivity index (χ0n) is 11.9. The topological polar surface area (TPSA) is 42.2 Å². The van der Waals surface area contributed by atoms with Crippen LogP contribution in [0.1, 0.15) is 30.3 Å². The van der Waals surface area contributed by atoms with Crippen LogP contribution in [0.4, 0.5) is 5.95 Å². The molecule has 0 aliphatic rings. The smallest absolute Gasteiger partial charge is 0.243 e. The van der Waals surface area contributed by atoms with Crippen LogP contribution in [0.2, 0.25) is 0 Å². The molecule has 3 aromatic rings. The molecule has 0 radical (unpaired) electrons. The predicted molar refractivity (Wildman–Crippen MR) is 83.2 cm³/mol. The van der Waals surface area contributed by atoms with E-state index in [1.54, 1.807) is 15.9 Å². The van der Waals surface area contributed by atoms with E-state index < -0.39 is 0 Å². The normalized spacial score (nSPS) is 13.0. The van der Waals surface area contributed by atoms with Gasteiger partial charge in [-0.3, -0.25) is 0 Å². The summed E-state index contributed by atoms with van der Waals surface area (Å²) in [6.45, 7) is 6.47. The number of aryl methyl sites for hydroxylation is 1. The van der Waals surface area contributed by atoms with Gasteiger partial charge < -0.3 is 5.32 Å². The first-order chi connectivity index (χ1) is 9.63.